The third-order valence-electron chi connectivity index (χ3n) is 4.05. The Morgan fingerprint density at radius 3 is 2.68 bits per heavy atom. The number of carbonyl (C=O) groups is 1. The molecule has 0 amide bonds. The Balaban J connectivity index is 1.56. The standard InChI is InChI=1S/C18H22N2O5/c1-3-23-17(21)14-12-24-18(19-14)20-10-8-13(9-11-20)25-16-7-5-4-6-15(16)22-2/h4-7,12-13H,3,8-11H2,1-2H3. The Morgan fingerprint density at radius 2 is 2.00 bits per heavy atom. The molecule has 1 aromatic heterocycles. The molecule has 0 saturated carbocycles. The van der Waals surface area contributed by atoms with Crippen LogP contribution in [0, 0.1) is 0 Å². The summed E-state index contributed by atoms with van der Waals surface area (Å²) in [5.41, 5.74) is 0.198. The number of benzene rings is 1. The van der Waals surface area contributed by atoms with Crippen molar-refractivity contribution in [2.24, 2.45) is 0 Å². The molecular weight excluding hydrogens is 324 g/mol. The van der Waals surface area contributed by atoms with Crippen LogP contribution in [-0.4, -0.2) is 43.9 Å². The van der Waals surface area contributed by atoms with E-state index in [1.165, 1.54) is 6.26 Å². The van der Waals surface area contributed by atoms with E-state index in [9.17, 15) is 4.79 Å². The summed E-state index contributed by atoms with van der Waals surface area (Å²) in [5, 5.41) is 0. The SMILES string of the molecule is CCOC(=O)c1coc(N2CCC(Oc3ccccc3OC)CC2)n1. The van der Waals surface area contributed by atoms with Crippen LogP contribution in [0.1, 0.15) is 30.3 Å². The molecule has 0 atom stereocenters. The summed E-state index contributed by atoms with van der Waals surface area (Å²) >= 11 is 0. The Labute approximate surface area is 146 Å². The van der Waals surface area contributed by atoms with Gasteiger partial charge in [-0.3, -0.25) is 0 Å². The number of piperidine rings is 1. The van der Waals surface area contributed by atoms with E-state index in [0.29, 0.717) is 12.6 Å². The fourth-order valence-electron chi connectivity index (χ4n) is 2.77. The largest absolute Gasteiger partial charge is 0.493 e. The minimum atomic E-state index is -0.466. The second kappa shape index (κ2) is 7.92. The molecule has 0 radical (unpaired) electrons. The molecule has 1 aromatic carbocycles. The number of hydrogen-bond donors (Lipinski definition) is 0. The second-order valence-electron chi connectivity index (χ2n) is 5.69. The minimum absolute atomic E-state index is 0.104. The average molecular weight is 346 g/mol. The summed E-state index contributed by atoms with van der Waals surface area (Å²) in [6.45, 7) is 3.54. The van der Waals surface area contributed by atoms with Crippen molar-refractivity contribution < 1.29 is 23.4 Å². The molecule has 7 nitrogen and oxygen atoms in total. The Kier molecular flexibility index (Phi) is 5.42. The number of rotatable bonds is 6. The first-order valence-electron chi connectivity index (χ1n) is 8.38. The highest BCUT2D eigenvalue weighted by Crippen LogP contribution is 2.29. The van der Waals surface area contributed by atoms with Crippen molar-refractivity contribution in [3.63, 3.8) is 0 Å². The lowest BCUT2D eigenvalue weighted by atomic mass is 10.1. The summed E-state index contributed by atoms with van der Waals surface area (Å²) in [6.07, 6.45) is 3.10. The first-order chi connectivity index (χ1) is 12.2. The molecule has 2 aromatic rings. The molecule has 0 N–H and O–H groups in total. The minimum Gasteiger partial charge on any atom is -0.493 e. The van der Waals surface area contributed by atoms with Crippen molar-refractivity contribution >= 4 is 12.0 Å². The van der Waals surface area contributed by atoms with Crippen LogP contribution in [0.25, 0.3) is 0 Å². The van der Waals surface area contributed by atoms with Crippen molar-refractivity contribution in [2.45, 2.75) is 25.9 Å². The third-order valence-corrected chi connectivity index (χ3v) is 4.05. The van der Waals surface area contributed by atoms with Crippen LogP contribution in [-0.2, 0) is 4.74 Å². The first-order valence-corrected chi connectivity index (χ1v) is 8.38. The summed E-state index contributed by atoms with van der Waals surface area (Å²) in [4.78, 5) is 17.9. The smallest absolute Gasteiger partial charge is 0.360 e. The zero-order valence-electron chi connectivity index (χ0n) is 14.4. The van der Waals surface area contributed by atoms with E-state index in [-0.39, 0.29) is 11.8 Å². The van der Waals surface area contributed by atoms with E-state index in [0.717, 1.165) is 37.4 Å². The zero-order chi connectivity index (χ0) is 17.6. The van der Waals surface area contributed by atoms with Gasteiger partial charge in [-0.25, -0.2) is 4.79 Å². The molecule has 1 aliphatic rings. The lowest BCUT2D eigenvalue weighted by Crippen LogP contribution is -2.38. The Hall–Kier alpha value is -2.70. The van der Waals surface area contributed by atoms with E-state index < -0.39 is 5.97 Å². The number of esters is 1. The highest BCUT2D eigenvalue weighted by Gasteiger charge is 2.25. The fraction of sp³-hybridized carbons (Fsp3) is 0.444. The van der Waals surface area contributed by atoms with E-state index in [1.807, 2.05) is 29.2 Å². The summed E-state index contributed by atoms with van der Waals surface area (Å²) in [5.74, 6) is 1.02. The van der Waals surface area contributed by atoms with Gasteiger partial charge in [0, 0.05) is 25.9 Å². The summed E-state index contributed by atoms with van der Waals surface area (Å²) in [7, 11) is 1.63. The highest BCUT2D eigenvalue weighted by atomic mass is 16.5. The Bertz CT molecular complexity index is 707. The van der Waals surface area contributed by atoms with Gasteiger partial charge in [0.2, 0.25) is 0 Å². The molecule has 1 aliphatic heterocycles. The molecule has 0 spiro atoms. The number of hydrogen-bond acceptors (Lipinski definition) is 7. The van der Waals surface area contributed by atoms with Crippen LogP contribution in [0.15, 0.2) is 34.9 Å². The highest BCUT2D eigenvalue weighted by molar-refractivity contribution is 5.87. The Morgan fingerprint density at radius 1 is 1.28 bits per heavy atom. The van der Waals surface area contributed by atoms with Crippen LogP contribution >= 0.6 is 0 Å². The average Bonchev–Trinajstić information content (AvgIpc) is 3.13. The number of para-hydroxylation sites is 2. The van der Waals surface area contributed by atoms with Gasteiger partial charge in [0.15, 0.2) is 17.2 Å². The van der Waals surface area contributed by atoms with Crippen LogP contribution in [0.2, 0.25) is 0 Å². The van der Waals surface area contributed by atoms with Gasteiger partial charge in [-0.2, -0.15) is 4.98 Å². The van der Waals surface area contributed by atoms with Gasteiger partial charge in [0.1, 0.15) is 12.4 Å². The van der Waals surface area contributed by atoms with Crippen LogP contribution in [0.5, 0.6) is 11.5 Å². The van der Waals surface area contributed by atoms with Crippen LogP contribution < -0.4 is 14.4 Å². The van der Waals surface area contributed by atoms with E-state index in [2.05, 4.69) is 4.98 Å². The molecular formula is C18H22N2O5. The number of ether oxygens (including phenoxy) is 3. The van der Waals surface area contributed by atoms with Crippen molar-refractivity contribution in [3.05, 3.63) is 36.2 Å². The van der Waals surface area contributed by atoms with Crippen LogP contribution in [0.3, 0.4) is 0 Å². The lowest BCUT2D eigenvalue weighted by molar-refractivity contribution is 0.0519. The maximum Gasteiger partial charge on any atom is 0.360 e. The van der Waals surface area contributed by atoms with Gasteiger partial charge in [0.05, 0.1) is 13.7 Å². The second-order valence-corrected chi connectivity index (χ2v) is 5.69. The van der Waals surface area contributed by atoms with Gasteiger partial charge in [0.25, 0.3) is 6.01 Å². The quantitative estimate of drug-likeness (QED) is 0.745. The van der Waals surface area contributed by atoms with E-state index >= 15 is 0 Å². The number of aromatic nitrogens is 1. The van der Waals surface area contributed by atoms with E-state index in [1.54, 1.807) is 14.0 Å². The van der Waals surface area contributed by atoms with Gasteiger partial charge in [-0.05, 0) is 19.1 Å². The van der Waals surface area contributed by atoms with Gasteiger partial charge in [-0.15, -0.1) is 0 Å². The normalized spacial score (nSPS) is 15.0. The lowest BCUT2D eigenvalue weighted by Gasteiger charge is -2.31. The van der Waals surface area contributed by atoms with Crippen molar-refractivity contribution in [2.75, 3.05) is 31.7 Å². The van der Waals surface area contributed by atoms with Gasteiger partial charge < -0.3 is 23.5 Å². The number of carbonyl (C=O) groups excluding carboxylic acids is 1. The molecule has 0 bridgehead atoms. The summed E-state index contributed by atoms with van der Waals surface area (Å²) in [6, 6.07) is 8.08. The predicted molar refractivity (Wildman–Crippen MR) is 91.3 cm³/mol. The van der Waals surface area contributed by atoms with Crippen molar-refractivity contribution in [1.82, 2.24) is 4.98 Å². The molecule has 1 fully saturated rings. The van der Waals surface area contributed by atoms with Gasteiger partial charge >= 0.3 is 5.97 Å². The van der Waals surface area contributed by atoms with Crippen molar-refractivity contribution in [1.29, 1.82) is 0 Å². The number of anilines is 1. The molecule has 25 heavy (non-hydrogen) atoms. The molecule has 134 valence electrons. The maximum absolute atomic E-state index is 11.7. The fourth-order valence-corrected chi connectivity index (χ4v) is 2.77. The molecule has 3 rings (SSSR count). The third kappa shape index (κ3) is 4.04. The molecule has 7 heteroatoms. The molecule has 2 heterocycles. The number of methoxy groups -OCH3 is 1. The zero-order valence-corrected chi connectivity index (χ0v) is 14.4. The summed E-state index contributed by atoms with van der Waals surface area (Å²) < 4.78 is 21.7. The van der Waals surface area contributed by atoms with Gasteiger partial charge in [-0.1, -0.05) is 12.1 Å². The topological polar surface area (TPSA) is 74.0 Å². The molecule has 0 unspecified atom stereocenters. The number of oxazole rings is 1. The van der Waals surface area contributed by atoms with E-state index in [4.69, 9.17) is 18.6 Å². The van der Waals surface area contributed by atoms with Crippen LogP contribution in [0.4, 0.5) is 6.01 Å². The number of nitrogens with zero attached hydrogens (tertiary/aromatic N) is 2. The monoisotopic (exact) mass is 346 g/mol. The molecule has 1 saturated heterocycles. The maximum atomic E-state index is 11.7. The predicted octanol–water partition coefficient (Wildman–Crippen LogP) is 2.91. The van der Waals surface area contributed by atoms with Crippen molar-refractivity contribution in [3.8, 4) is 11.5 Å². The molecule has 0 aliphatic carbocycles. The first kappa shape index (κ1) is 17.1.